The fraction of sp³-hybridized carbons (Fsp3) is 0.682. The van der Waals surface area contributed by atoms with Gasteiger partial charge in [-0.15, -0.1) is 0 Å². The maximum Gasteiger partial charge on any atom is 0.321 e. The van der Waals surface area contributed by atoms with Crippen molar-refractivity contribution in [2.45, 2.75) is 77.0 Å². The van der Waals surface area contributed by atoms with E-state index in [2.05, 4.69) is 35.7 Å². The van der Waals surface area contributed by atoms with Crippen LogP contribution >= 0.6 is 0 Å². The summed E-state index contributed by atoms with van der Waals surface area (Å²) in [5.41, 5.74) is 1.86. The Morgan fingerprint density at radius 1 is 1.10 bits per heavy atom. The third-order valence-corrected chi connectivity index (χ3v) is 8.16. The van der Waals surface area contributed by atoms with Gasteiger partial charge in [-0.1, -0.05) is 0 Å². The van der Waals surface area contributed by atoms with Gasteiger partial charge in [-0.3, -0.25) is 0 Å². The molecule has 3 atom stereocenters. The van der Waals surface area contributed by atoms with Crippen LogP contribution in [0.2, 0.25) is 0 Å². The van der Waals surface area contributed by atoms with E-state index in [-0.39, 0.29) is 30.3 Å². The second kappa shape index (κ2) is 9.75. The molecule has 2 aliphatic heterocycles. The number of anilines is 2. The number of rotatable bonds is 5. The number of benzene rings is 1. The summed E-state index contributed by atoms with van der Waals surface area (Å²) in [4.78, 5) is 16.7. The van der Waals surface area contributed by atoms with Gasteiger partial charge in [0.25, 0.3) is 0 Å². The second-order valence-electron chi connectivity index (χ2n) is 8.99. The summed E-state index contributed by atoms with van der Waals surface area (Å²) in [5, 5.41) is 2.50. The summed E-state index contributed by atoms with van der Waals surface area (Å²) in [5.74, 6) is 0. The Labute approximate surface area is 186 Å². The number of hydrogen-bond acceptors (Lipinski definition) is 5. The molecule has 0 aliphatic carbocycles. The molecule has 2 amide bonds. The monoisotopic (exact) mass is 452 g/mol. The first-order valence-electron chi connectivity index (χ1n) is 11.2. The fourth-order valence-electron chi connectivity index (χ4n) is 4.07. The summed E-state index contributed by atoms with van der Waals surface area (Å²) >= 11 is 0. The average Bonchev–Trinajstić information content (AvgIpc) is 2.71. The van der Waals surface area contributed by atoms with Crippen LogP contribution in [0.15, 0.2) is 24.3 Å². The van der Waals surface area contributed by atoms with Crippen LogP contribution < -0.4 is 14.9 Å². The Hall–Kier alpha value is -1.84. The van der Waals surface area contributed by atoms with Crippen molar-refractivity contribution in [3.63, 3.8) is 0 Å². The van der Waals surface area contributed by atoms with Crippen LogP contribution in [0, 0.1) is 0 Å². The molecule has 2 saturated heterocycles. The minimum Gasteiger partial charge on any atom is -0.372 e. The SMILES string of the molecule is CC1[C@@H](C)O[C@@H](C)CN1c1ccc(NC(=O)N2CCC(NS(=O)(=O)C(C)C)CC2)cc1. The molecule has 31 heavy (non-hydrogen) atoms. The van der Waals surface area contributed by atoms with Crippen molar-refractivity contribution in [3.8, 4) is 0 Å². The Morgan fingerprint density at radius 2 is 1.71 bits per heavy atom. The summed E-state index contributed by atoms with van der Waals surface area (Å²) in [6.45, 7) is 11.6. The lowest BCUT2D eigenvalue weighted by Crippen LogP contribution is -2.52. The van der Waals surface area contributed by atoms with Gasteiger partial charge in [-0.25, -0.2) is 17.9 Å². The van der Waals surface area contributed by atoms with Crippen molar-refractivity contribution >= 4 is 27.4 Å². The highest BCUT2D eigenvalue weighted by molar-refractivity contribution is 7.90. The first kappa shape index (κ1) is 23.8. The predicted octanol–water partition coefficient (Wildman–Crippen LogP) is 3.01. The van der Waals surface area contributed by atoms with Gasteiger partial charge in [-0.2, -0.15) is 0 Å². The number of hydrogen-bond donors (Lipinski definition) is 2. The number of nitrogens with zero attached hydrogens (tertiary/aromatic N) is 2. The highest BCUT2D eigenvalue weighted by Crippen LogP contribution is 2.26. The first-order valence-corrected chi connectivity index (χ1v) is 12.7. The molecule has 2 N–H and O–H groups in total. The van der Waals surface area contributed by atoms with E-state index in [1.165, 1.54) is 0 Å². The minimum atomic E-state index is -3.29. The molecule has 1 aromatic rings. The van der Waals surface area contributed by atoms with Crippen molar-refractivity contribution < 1.29 is 17.9 Å². The molecule has 0 spiro atoms. The summed E-state index contributed by atoms with van der Waals surface area (Å²) in [6, 6.07) is 7.93. The minimum absolute atomic E-state index is 0.115. The smallest absolute Gasteiger partial charge is 0.321 e. The molecular weight excluding hydrogens is 416 g/mol. The zero-order valence-corrected chi connectivity index (χ0v) is 20.0. The van der Waals surface area contributed by atoms with E-state index in [1.54, 1.807) is 18.7 Å². The van der Waals surface area contributed by atoms with Gasteiger partial charge >= 0.3 is 6.03 Å². The lowest BCUT2D eigenvalue weighted by molar-refractivity contribution is -0.0257. The average molecular weight is 453 g/mol. The molecule has 0 bridgehead atoms. The van der Waals surface area contributed by atoms with Crippen molar-refractivity contribution in [3.05, 3.63) is 24.3 Å². The molecule has 1 unspecified atom stereocenters. The second-order valence-corrected chi connectivity index (χ2v) is 11.3. The van der Waals surface area contributed by atoms with Crippen molar-refractivity contribution in [1.29, 1.82) is 0 Å². The van der Waals surface area contributed by atoms with E-state index in [1.807, 2.05) is 24.3 Å². The van der Waals surface area contributed by atoms with E-state index < -0.39 is 15.3 Å². The van der Waals surface area contributed by atoms with Gasteiger partial charge in [0.2, 0.25) is 10.0 Å². The Morgan fingerprint density at radius 3 is 2.29 bits per heavy atom. The molecule has 1 aromatic carbocycles. The predicted molar refractivity (Wildman–Crippen MR) is 124 cm³/mol. The Bertz CT molecular complexity index is 851. The number of nitrogens with one attached hydrogen (secondary N) is 2. The molecule has 2 aliphatic rings. The molecule has 8 nitrogen and oxygen atoms in total. The quantitative estimate of drug-likeness (QED) is 0.717. The van der Waals surface area contributed by atoms with Crippen LogP contribution in [0.3, 0.4) is 0 Å². The van der Waals surface area contributed by atoms with Gasteiger partial charge in [0.05, 0.1) is 23.5 Å². The zero-order valence-electron chi connectivity index (χ0n) is 19.2. The van der Waals surface area contributed by atoms with Gasteiger partial charge in [0.15, 0.2) is 0 Å². The molecule has 0 saturated carbocycles. The van der Waals surface area contributed by atoms with Crippen molar-refractivity contribution in [2.75, 3.05) is 29.9 Å². The fourth-order valence-corrected chi connectivity index (χ4v) is 5.04. The van der Waals surface area contributed by atoms with Crippen LogP contribution in [0.25, 0.3) is 0 Å². The van der Waals surface area contributed by atoms with Crippen LogP contribution in [-0.2, 0) is 14.8 Å². The molecule has 3 rings (SSSR count). The Balaban J connectivity index is 1.52. The standard InChI is InChI=1S/C22H36N4O4S/c1-15(2)31(28,29)24-20-10-12-25(13-11-20)22(27)23-19-6-8-21(9-7-19)26-14-16(3)30-18(5)17(26)4/h6-9,15-18,20,24H,10-14H2,1-5H3,(H,23,27)/t16-,17?,18+/m0/s1. The Kier molecular flexibility index (Phi) is 7.49. The summed E-state index contributed by atoms with van der Waals surface area (Å²) in [6.07, 6.45) is 1.57. The van der Waals surface area contributed by atoms with Crippen LogP contribution in [0.5, 0.6) is 0 Å². The third kappa shape index (κ3) is 5.90. The number of urea groups is 1. The van der Waals surface area contributed by atoms with Crippen LogP contribution in [0.4, 0.5) is 16.2 Å². The van der Waals surface area contributed by atoms with Gasteiger partial charge in [-0.05, 0) is 71.7 Å². The van der Waals surface area contributed by atoms with E-state index in [0.717, 1.165) is 17.9 Å². The van der Waals surface area contributed by atoms with Crippen molar-refractivity contribution in [2.24, 2.45) is 0 Å². The molecule has 0 aromatic heterocycles. The maximum atomic E-state index is 12.6. The van der Waals surface area contributed by atoms with E-state index >= 15 is 0 Å². The number of sulfonamides is 1. The van der Waals surface area contributed by atoms with Gasteiger partial charge in [0.1, 0.15) is 0 Å². The number of carbonyl (C=O) groups is 1. The summed E-state index contributed by atoms with van der Waals surface area (Å²) in [7, 11) is -3.29. The lowest BCUT2D eigenvalue weighted by Gasteiger charge is -2.42. The molecule has 2 fully saturated rings. The maximum absolute atomic E-state index is 12.6. The lowest BCUT2D eigenvalue weighted by atomic mass is 10.1. The highest BCUT2D eigenvalue weighted by atomic mass is 32.2. The van der Waals surface area contributed by atoms with Gasteiger partial charge in [0, 0.05) is 37.1 Å². The summed E-state index contributed by atoms with van der Waals surface area (Å²) < 4.78 is 32.7. The highest BCUT2D eigenvalue weighted by Gasteiger charge is 2.30. The van der Waals surface area contributed by atoms with E-state index in [9.17, 15) is 13.2 Å². The number of carbonyl (C=O) groups excluding carboxylic acids is 1. The number of likely N-dealkylation sites (tertiary alicyclic amines) is 1. The van der Waals surface area contributed by atoms with Crippen LogP contribution in [-0.4, -0.2) is 68.5 Å². The molecule has 0 radical (unpaired) electrons. The molecule has 2 heterocycles. The normalized spacial score (nSPS) is 25.7. The van der Waals surface area contributed by atoms with E-state index in [0.29, 0.717) is 25.9 Å². The largest absolute Gasteiger partial charge is 0.372 e. The first-order chi connectivity index (χ1) is 14.6. The number of ether oxygens (including phenoxy) is 1. The molecule has 9 heteroatoms. The number of morpholine rings is 1. The van der Waals surface area contributed by atoms with E-state index in [4.69, 9.17) is 4.74 Å². The van der Waals surface area contributed by atoms with Crippen molar-refractivity contribution in [1.82, 2.24) is 9.62 Å². The third-order valence-electron chi connectivity index (χ3n) is 6.26. The number of piperidine rings is 1. The molecule has 174 valence electrons. The topological polar surface area (TPSA) is 91.0 Å². The number of amides is 2. The molecular formula is C22H36N4O4S. The zero-order chi connectivity index (χ0) is 22.8. The van der Waals surface area contributed by atoms with Gasteiger partial charge < -0.3 is 19.9 Å². The van der Waals surface area contributed by atoms with Crippen LogP contribution in [0.1, 0.15) is 47.5 Å².